The number of piperidine rings is 1. The third kappa shape index (κ3) is 12.5. The van der Waals surface area contributed by atoms with E-state index in [1.54, 1.807) is 34.0 Å². The minimum Gasteiger partial charge on any atom is -0.460 e. The van der Waals surface area contributed by atoms with Gasteiger partial charge in [-0.15, -0.1) is 0 Å². The molecule has 0 radical (unpaired) electrons. The van der Waals surface area contributed by atoms with Crippen LogP contribution in [-0.2, 0) is 33.4 Å². The third-order valence-corrected chi connectivity index (χ3v) is 13.1. The van der Waals surface area contributed by atoms with Gasteiger partial charge in [0, 0.05) is 38.3 Å². The summed E-state index contributed by atoms with van der Waals surface area (Å²) in [5.74, 6) is -6.63. The molecule has 11 atom stereocenters. The van der Waals surface area contributed by atoms with Crippen LogP contribution in [0.5, 0.6) is 0 Å². The molecule has 0 aromatic heterocycles. The first-order valence-corrected chi connectivity index (χ1v) is 21.7. The van der Waals surface area contributed by atoms with E-state index in [1.807, 2.05) is 51.2 Å². The van der Waals surface area contributed by atoms with Gasteiger partial charge in [0.05, 0.1) is 18.3 Å². The first-order valence-electron chi connectivity index (χ1n) is 21.7. The molecule has 12 nitrogen and oxygen atoms in total. The number of Topliss-reactive ketones (excluding diaryl/α,β-unsaturated/α-hetero) is 2. The molecule has 58 heavy (non-hydrogen) atoms. The number of carbonyl (C=O) groups excluding carboxylic acids is 4. The molecule has 0 unspecified atom stereocenters. The van der Waals surface area contributed by atoms with Crippen LogP contribution in [0, 0.1) is 29.6 Å². The van der Waals surface area contributed by atoms with Gasteiger partial charge in [-0.25, -0.2) is 4.79 Å². The summed E-state index contributed by atoms with van der Waals surface area (Å²) in [6, 6.07) is -1.06. The largest absolute Gasteiger partial charge is 0.460 e. The lowest BCUT2D eigenvalue weighted by Crippen LogP contribution is -2.61. The predicted molar refractivity (Wildman–Crippen MR) is 220 cm³/mol. The predicted octanol–water partition coefficient (Wildman–Crippen LogP) is 5.70. The van der Waals surface area contributed by atoms with Crippen LogP contribution in [0.25, 0.3) is 0 Å². The lowest BCUT2D eigenvalue weighted by atomic mass is 9.80. The van der Waals surface area contributed by atoms with E-state index in [0.29, 0.717) is 62.9 Å². The normalized spacial score (nSPS) is 40.8. The number of amides is 1. The van der Waals surface area contributed by atoms with Crippen LogP contribution in [0.4, 0.5) is 0 Å². The first-order chi connectivity index (χ1) is 27.5. The number of aliphatic hydroxyl groups excluding tert-OH is 3. The number of hydrogen-bond donors (Lipinski definition) is 4. The van der Waals surface area contributed by atoms with Crippen molar-refractivity contribution in [3.8, 4) is 0 Å². The second-order valence-electron chi connectivity index (χ2n) is 17.8. The van der Waals surface area contributed by atoms with Gasteiger partial charge in [0.25, 0.3) is 11.7 Å². The van der Waals surface area contributed by atoms with E-state index in [9.17, 15) is 39.6 Å². The fourth-order valence-electron chi connectivity index (χ4n) is 9.10. The summed E-state index contributed by atoms with van der Waals surface area (Å²) in [5, 5.41) is 44.1. The molecular formula is C46H71NO11. The second kappa shape index (κ2) is 22.0. The van der Waals surface area contributed by atoms with Crippen molar-refractivity contribution in [1.29, 1.82) is 0 Å². The molecule has 12 heteroatoms. The molecule has 4 aliphatic rings. The van der Waals surface area contributed by atoms with Crippen molar-refractivity contribution in [2.45, 2.75) is 173 Å². The Kier molecular flexibility index (Phi) is 18.1. The van der Waals surface area contributed by atoms with E-state index >= 15 is 0 Å². The van der Waals surface area contributed by atoms with E-state index in [-0.39, 0.29) is 37.3 Å². The van der Waals surface area contributed by atoms with Gasteiger partial charge in [0.1, 0.15) is 24.4 Å². The number of aliphatic hydroxyl groups is 4. The molecule has 3 heterocycles. The van der Waals surface area contributed by atoms with Gasteiger partial charge in [-0.1, -0.05) is 64.2 Å². The molecule has 0 aromatic carbocycles. The van der Waals surface area contributed by atoms with Gasteiger partial charge >= 0.3 is 5.97 Å². The van der Waals surface area contributed by atoms with Crippen molar-refractivity contribution in [2.24, 2.45) is 29.6 Å². The molecule has 1 saturated carbocycles. The average Bonchev–Trinajstić information content (AvgIpc) is 3.21. The van der Waals surface area contributed by atoms with Crippen LogP contribution in [-0.4, -0.2) is 111 Å². The molecule has 1 amide bonds. The third-order valence-electron chi connectivity index (χ3n) is 13.1. The smallest absolute Gasteiger partial charge is 0.329 e. The molecule has 3 aliphatic heterocycles. The Balaban J connectivity index is 1.67. The van der Waals surface area contributed by atoms with Gasteiger partial charge in [0.2, 0.25) is 5.79 Å². The Labute approximate surface area is 345 Å². The Morgan fingerprint density at radius 3 is 2.28 bits per heavy atom. The monoisotopic (exact) mass is 814 g/mol. The number of nitrogens with zero attached hydrogens (tertiary/aromatic N) is 1. The summed E-state index contributed by atoms with van der Waals surface area (Å²) in [7, 11) is 1.58. The minimum absolute atomic E-state index is 0.00709. The summed E-state index contributed by atoms with van der Waals surface area (Å²) in [6.45, 7) is 11.1. The molecule has 2 bridgehead atoms. The number of ketones is 2. The number of cyclic esters (lactones) is 1. The molecule has 3 fully saturated rings. The Morgan fingerprint density at radius 1 is 0.879 bits per heavy atom. The van der Waals surface area contributed by atoms with Crippen LogP contribution in [0.3, 0.4) is 0 Å². The van der Waals surface area contributed by atoms with Crippen LogP contribution >= 0.6 is 0 Å². The molecule has 2 saturated heterocycles. The molecule has 0 spiro atoms. The lowest BCUT2D eigenvalue weighted by molar-refractivity contribution is -0.265. The zero-order valence-corrected chi connectivity index (χ0v) is 35.9. The van der Waals surface area contributed by atoms with Crippen LogP contribution in [0.15, 0.2) is 47.6 Å². The van der Waals surface area contributed by atoms with Crippen molar-refractivity contribution in [1.82, 2.24) is 4.90 Å². The van der Waals surface area contributed by atoms with Gasteiger partial charge in [-0.2, -0.15) is 0 Å². The number of carbonyl (C=O) groups is 4. The van der Waals surface area contributed by atoms with E-state index in [4.69, 9.17) is 14.2 Å². The Morgan fingerprint density at radius 2 is 1.59 bits per heavy atom. The maximum absolute atomic E-state index is 14.2. The van der Waals surface area contributed by atoms with Crippen molar-refractivity contribution < 1.29 is 53.8 Å². The highest BCUT2D eigenvalue weighted by atomic mass is 16.6. The molecule has 0 aromatic rings. The van der Waals surface area contributed by atoms with E-state index < -0.39 is 77.6 Å². The zero-order valence-electron chi connectivity index (χ0n) is 35.9. The minimum atomic E-state index is -2.38. The molecule has 4 rings (SSSR count). The number of fused-ring (bicyclic) bond motifs is 3. The Hall–Kier alpha value is -3.00. The van der Waals surface area contributed by atoms with Crippen molar-refractivity contribution in [2.75, 3.05) is 13.7 Å². The number of esters is 1. The van der Waals surface area contributed by atoms with Crippen molar-refractivity contribution >= 4 is 23.4 Å². The average molecular weight is 814 g/mol. The maximum Gasteiger partial charge on any atom is 0.329 e. The zero-order chi connectivity index (χ0) is 42.7. The summed E-state index contributed by atoms with van der Waals surface area (Å²) < 4.78 is 18.2. The summed E-state index contributed by atoms with van der Waals surface area (Å²) in [6.07, 6.45) is 13.4. The Bertz CT molecular complexity index is 1530. The fraction of sp³-hybridized carbons (Fsp3) is 0.739. The molecule has 4 N–H and O–H groups in total. The number of ether oxygens (including phenoxy) is 3. The number of hydrogen-bond acceptors (Lipinski definition) is 11. The SMILES string of the molecule is CO[C@H]1C[C@@H]2CC[C@@H](C)[C@@](O)(O2)C(=O)C(=O)N2CCCC[C@H]2C(=O)O[C@H]([C@H](C)C[C@H]2CC[C@H](O)CC2)C/C=C(\C)[C@@H](O)[C@@H](O)C(=O)[C@H](C)C[C@H](C)/C=C/C=C/C=C/1C. The van der Waals surface area contributed by atoms with Gasteiger partial charge in [-0.05, 0) is 113 Å². The van der Waals surface area contributed by atoms with Crippen LogP contribution in [0.1, 0.15) is 125 Å². The standard InChI is InChI=1S/C46H71NO11/c1-28-13-9-8-10-14-29(2)39(56-7)27-36-22-17-33(6)46(55,58-36)43(52)44(53)47-24-12-11-15-37(47)45(54)57-38(31(4)26-34-18-20-35(48)21-19-34)23-16-30(3)40(49)42(51)41(50)32(5)25-28/h8-10,13-14,16,28,31-40,42,48-49,51,55H,11-12,15,17-27H2,1-7H3/b10-8+,13-9+,29-14+,30-16+/t28-,31-,32-,33-,34-,35-,36+,37+,38+,39+,40-,42-,46-/m1/s1. The van der Waals surface area contributed by atoms with Crippen molar-refractivity contribution in [3.63, 3.8) is 0 Å². The highest BCUT2D eigenvalue weighted by molar-refractivity contribution is 6.39. The highest BCUT2D eigenvalue weighted by Gasteiger charge is 2.53. The lowest BCUT2D eigenvalue weighted by Gasteiger charge is -2.42. The summed E-state index contributed by atoms with van der Waals surface area (Å²) in [5.41, 5.74) is 1.26. The number of rotatable bonds is 4. The highest BCUT2D eigenvalue weighted by Crippen LogP contribution is 2.37. The van der Waals surface area contributed by atoms with Crippen LogP contribution in [0.2, 0.25) is 0 Å². The van der Waals surface area contributed by atoms with Crippen molar-refractivity contribution in [3.05, 3.63) is 47.6 Å². The van der Waals surface area contributed by atoms with Crippen LogP contribution < -0.4 is 0 Å². The summed E-state index contributed by atoms with van der Waals surface area (Å²) >= 11 is 0. The van der Waals surface area contributed by atoms with Gasteiger partial charge < -0.3 is 39.5 Å². The van der Waals surface area contributed by atoms with E-state index in [0.717, 1.165) is 24.8 Å². The first kappa shape index (κ1) is 47.7. The molecule has 326 valence electrons. The summed E-state index contributed by atoms with van der Waals surface area (Å²) in [4.78, 5) is 56.8. The van der Waals surface area contributed by atoms with E-state index in [1.165, 1.54) is 4.90 Å². The quantitative estimate of drug-likeness (QED) is 0.156. The molecule has 1 aliphatic carbocycles. The van der Waals surface area contributed by atoms with Gasteiger partial charge in [-0.3, -0.25) is 14.4 Å². The molecular weight excluding hydrogens is 743 g/mol. The van der Waals surface area contributed by atoms with E-state index in [2.05, 4.69) is 0 Å². The fourth-order valence-corrected chi connectivity index (χ4v) is 9.10. The topological polar surface area (TPSA) is 180 Å². The maximum atomic E-state index is 14.2. The second-order valence-corrected chi connectivity index (χ2v) is 17.8. The number of methoxy groups -OCH3 is 1. The number of allylic oxidation sites excluding steroid dienone is 5. The van der Waals surface area contributed by atoms with Gasteiger partial charge in [0.15, 0.2) is 5.78 Å².